The van der Waals surface area contributed by atoms with Crippen LogP contribution in [0.15, 0.2) is 60.8 Å². The molecule has 41 heavy (non-hydrogen) atoms. The Bertz CT molecular complexity index is 1360. The molecule has 0 radical (unpaired) electrons. The molecule has 1 aliphatic rings. The van der Waals surface area contributed by atoms with Gasteiger partial charge in [-0.05, 0) is 42.7 Å². The van der Waals surface area contributed by atoms with Gasteiger partial charge in [-0.25, -0.2) is 0 Å². The number of hydrogen-bond donors (Lipinski definition) is 1. The number of aryl methyl sites for hydroxylation is 1. The highest BCUT2D eigenvalue weighted by molar-refractivity contribution is 6.07. The van der Waals surface area contributed by atoms with Crippen molar-refractivity contribution in [1.82, 2.24) is 19.7 Å². The fourth-order valence-electron chi connectivity index (χ4n) is 5.72. The van der Waals surface area contributed by atoms with Crippen molar-refractivity contribution in [3.63, 3.8) is 0 Å². The smallest absolute Gasteiger partial charge is 0.256 e. The minimum absolute atomic E-state index is 0.0190. The minimum atomic E-state index is -0.629. The average Bonchev–Trinajstić information content (AvgIpc) is 3.56. The Morgan fingerprint density at radius 2 is 1.73 bits per heavy atom. The van der Waals surface area contributed by atoms with E-state index in [0.29, 0.717) is 25.2 Å². The Kier molecular flexibility index (Phi) is 9.57. The van der Waals surface area contributed by atoms with Crippen LogP contribution in [0, 0.1) is 11.3 Å². The van der Waals surface area contributed by atoms with Gasteiger partial charge in [0.05, 0.1) is 5.56 Å². The van der Waals surface area contributed by atoms with Crippen molar-refractivity contribution in [3.05, 3.63) is 71.9 Å². The Hall–Kier alpha value is -3.61. The van der Waals surface area contributed by atoms with Gasteiger partial charge < -0.3 is 19.7 Å². The predicted octanol–water partition coefficient (Wildman–Crippen LogP) is 5.43. The number of likely N-dealkylation sites (tertiary alicyclic amines) is 1. The van der Waals surface area contributed by atoms with E-state index < -0.39 is 11.5 Å². The van der Waals surface area contributed by atoms with Crippen molar-refractivity contribution in [1.29, 1.82) is 0 Å². The third-order valence-corrected chi connectivity index (χ3v) is 8.48. The summed E-state index contributed by atoms with van der Waals surface area (Å²) >= 11 is 0. The lowest BCUT2D eigenvalue weighted by Gasteiger charge is -2.37. The number of carbonyl (C=O) groups is 3. The van der Waals surface area contributed by atoms with Crippen molar-refractivity contribution in [2.24, 2.45) is 18.4 Å². The maximum absolute atomic E-state index is 14.2. The first-order valence-corrected chi connectivity index (χ1v) is 15.0. The summed E-state index contributed by atoms with van der Waals surface area (Å²) in [5.74, 6) is -0.326. The van der Waals surface area contributed by atoms with Crippen molar-refractivity contribution in [3.8, 4) is 0 Å². The second-order valence-corrected chi connectivity index (χ2v) is 12.6. The maximum Gasteiger partial charge on any atom is 0.256 e. The maximum atomic E-state index is 14.2. The topological polar surface area (TPSA) is 74.7 Å². The van der Waals surface area contributed by atoms with Gasteiger partial charge in [-0.2, -0.15) is 0 Å². The van der Waals surface area contributed by atoms with E-state index in [2.05, 4.69) is 17.4 Å². The number of nitrogens with zero attached hydrogens (tertiary/aromatic N) is 3. The van der Waals surface area contributed by atoms with Gasteiger partial charge in [0.15, 0.2) is 0 Å². The van der Waals surface area contributed by atoms with Crippen LogP contribution in [0.1, 0.15) is 69.8 Å². The highest BCUT2D eigenvalue weighted by Gasteiger charge is 2.41. The summed E-state index contributed by atoms with van der Waals surface area (Å²) in [5.41, 5.74) is 2.42. The Balaban J connectivity index is 1.60. The molecule has 0 bridgehead atoms. The van der Waals surface area contributed by atoms with Gasteiger partial charge in [-0.15, -0.1) is 0 Å². The molecule has 3 amide bonds. The normalized spacial score (nSPS) is 16.9. The lowest BCUT2D eigenvalue weighted by atomic mass is 9.85. The molecule has 7 heteroatoms. The molecule has 2 aromatic carbocycles. The van der Waals surface area contributed by atoms with E-state index in [0.717, 1.165) is 36.6 Å². The summed E-state index contributed by atoms with van der Waals surface area (Å²) in [5, 5.41) is 4.00. The number of hydrogen-bond acceptors (Lipinski definition) is 3. The number of amides is 3. The van der Waals surface area contributed by atoms with E-state index >= 15 is 0 Å². The van der Waals surface area contributed by atoms with E-state index in [9.17, 15) is 14.4 Å². The lowest BCUT2D eigenvalue weighted by Crippen LogP contribution is -2.57. The largest absolute Gasteiger partial charge is 0.350 e. The molecular weight excluding hydrogens is 512 g/mol. The van der Waals surface area contributed by atoms with Crippen LogP contribution in [0.25, 0.3) is 10.9 Å². The van der Waals surface area contributed by atoms with E-state index in [-0.39, 0.29) is 29.7 Å². The van der Waals surface area contributed by atoms with Gasteiger partial charge in [0, 0.05) is 55.7 Å². The lowest BCUT2D eigenvalue weighted by molar-refractivity contribution is -0.141. The predicted molar refractivity (Wildman–Crippen MR) is 165 cm³/mol. The fraction of sp³-hybridized carbons (Fsp3) is 0.500. The number of aromatic nitrogens is 1. The van der Waals surface area contributed by atoms with E-state index in [1.165, 1.54) is 5.56 Å². The second kappa shape index (κ2) is 12.9. The van der Waals surface area contributed by atoms with Crippen LogP contribution >= 0.6 is 0 Å². The number of benzene rings is 2. The molecule has 3 atom stereocenters. The molecular formula is C34H46N4O3. The second-order valence-electron chi connectivity index (χ2n) is 12.6. The molecule has 1 N–H and O–H groups in total. The first-order chi connectivity index (χ1) is 19.5. The van der Waals surface area contributed by atoms with Gasteiger partial charge in [0.2, 0.25) is 11.8 Å². The zero-order valence-corrected chi connectivity index (χ0v) is 25.5. The van der Waals surface area contributed by atoms with Gasteiger partial charge in [-0.1, -0.05) is 83.1 Å². The van der Waals surface area contributed by atoms with Gasteiger partial charge >= 0.3 is 0 Å². The summed E-state index contributed by atoms with van der Waals surface area (Å²) in [6, 6.07) is 17.4. The molecule has 2 heterocycles. The molecule has 3 aromatic rings. The van der Waals surface area contributed by atoms with Gasteiger partial charge in [-0.3, -0.25) is 14.4 Å². The van der Waals surface area contributed by atoms with E-state index in [1.807, 2.05) is 105 Å². The highest BCUT2D eigenvalue weighted by atomic mass is 16.2. The van der Waals surface area contributed by atoms with Crippen molar-refractivity contribution >= 4 is 28.6 Å². The van der Waals surface area contributed by atoms with Crippen LogP contribution < -0.4 is 5.32 Å². The molecule has 220 valence electrons. The minimum Gasteiger partial charge on any atom is -0.350 e. The number of rotatable bonds is 10. The first kappa shape index (κ1) is 30.4. The van der Waals surface area contributed by atoms with Crippen LogP contribution in [-0.4, -0.2) is 63.8 Å². The van der Waals surface area contributed by atoms with Gasteiger partial charge in [0.1, 0.15) is 6.04 Å². The molecule has 1 aromatic heterocycles. The SMILES string of the molecule is CC[C@@H](C)C(=O)N[C@H](C(=O)N1CCC[C@H]1CN(CCc1ccccc1)C(=O)c1cn(C)c2ccccc12)C(C)(C)C. The van der Waals surface area contributed by atoms with Crippen LogP contribution in [0.3, 0.4) is 0 Å². The number of carbonyl (C=O) groups excluding carboxylic acids is 3. The zero-order valence-electron chi connectivity index (χ0n) is 25.5. The fourth-order valence-corrected chi connectivity index (χ4v) is 5.72. The first-order valence-electron chi connectivity index (χ1n) is 15.0. The third-order valence-electron chi connectivity index (χ3n) is 8.48. The quantitative estimate of drug-likeness (QED) is 0.361. The van der Waals surface area contributed by atoms with Crippen LogP contribution in [-0.2, 0) is 23.1 Å². The van der Waals surface area contributed by atoms with Crippen LogP contribution in [0.2, 0.25) is 0 Å². The molecule has 1 aliphatic heterocycles. The monoisotopic (exact) mass is 558 g/mol. The molecule has 4 rings (SSSR count). The standard InChI is InChI=1S/C34H46N4O3/c1-7-24(2)31(39)35-30(34(3,4)5)33(41)38-20-13-16-26(38)22-37(21-19-25-14-9-8-10-15-25)32(40)28-23-36(6)29-18-12-11-17-27(28)29/h8-12,14-15,17-18,23-24,26,30H,7,13,16,19-22H2,1-6H3,(H,35,39)/t24-,26+,30-/m1/s1. The average molecular weight is 559 g/mol. The summed E-state index contributed by atoms with van der Waals surface area (Å²) < 4.78 is 2.00. The number of nitrogens with one attached hydrogen (secondary N) is 1. The van der Waals surface area contributed by atoms with Crippen LogP contribution in [0.5, 0.6) is 0 Å². The summed E-state index contributed by atoms with van der Waals surface area (Å²) in [4.78, 5) is 44.9. The van der Waals surface area contributed by atoms with Gasteiger partial charge in [0.25, 0.3) is 5.91 Å². The molecule has 1 saturated heterocycles. The zero-order chi connectivity index (χ0) is 29.7. The third kappa shape index (κ3) is 7.00. The Morgan fingerprint density at radius 3 is 2.41 bits per heavy atom. The van der Waals surface area contributed by atoms with E-state index in [4.69, 9.17) is 0 Å². The summed E-state index contributed by atoms with van der Waals surface area (Å²) in [7, 11) is 1.96. The van der Waals surface area contributed by atoms with Crippen molar-refractivity contribution in [2.75, 3.05) is 19.6 Å². The number of para-hydroxylation sites is 1. The molecule has 0 spiro atoms. The molecule has 0 aliphatic carbocycles. The molecule has 1 fully saturated rings. The number of fused-ring (bicyclic) bond motifs is 1. The molecule has 0 unspecified atom stereocenters. The van der Waals surface area contributed by atoms with Crippen LogP contribution in [0.4, 0.5) is 0 Å². The summed E-state index contributed by atoms with van der Waals surface area (Å²) in [6.45, 7) is 11.5. The highest BCUT2D eigenvalue weighted by Crippen LogP contribution is 2.28. The van der Waals surface area contributed by atoms with Crippen molar-refractivity contribution < 1.29 is 14.4 Å². The summed E-state index contributed by atoms with van der Waals surface area (Å²) in [6.07, 6.45) is 5.07. The Morgan fingerprint density at radius 1 is 1.05 bits per heavy atom. The Labute approximate surface area is 244 Å². The van der Waals surface area contributed by atoms with Crippen molar-refractivity contribution in [2.45, 2.75) is 72.4 Å². The molecule has 0 saturated carbocycles. The molecule has 7 nitrogen and oxygen atoms in total. The van der Waals surface area contributed by atoms with E-state index in [1.54, 1.807) is 0 Å².